The van der Waals surface area contributed by atoms with E-state index < -0.39 is 12.1 Å². The summed E-state index contributed by atoms with van der Waals surface area (Å²) in [4.78, 5) is 25.1. The highest BCUT2D eigenvalue weighted by Gasteiger charge is 2.19. The maximum Gasteiger partial charge on any atom is 0.347 e. The summed E-state index contributed by atoms with van der Waals surface area (Å²) in [6.45, 7) is 6.53. The van der Waals surface area contributed by atoms with Crippen LogP contribution in [0, 0.1) is 6.92 Å². The van der Waals surface area contributed by atoms with Crippen LogP contribution in [0.5, 0.6) is 17.2 Å². The first kappa shape index (κ1) is 20.8. The highest BCUT2D eigenvalue weighted by Crippen LogP contribution is 2.35. The lowest BCUT2D eigenvalue weighted by Crippen LogP contribution is -2.26. The minimum Gasteiger partial charge on any atom is -0.490 e. The van der Waals surface area contributed by atoms with E-state index >= 15 is 0 Å². The molecule has 7 nitrogen and oxygen atoms in total. The van der Waals surface area contributed by atoms with Crippen LogP contribution in [0.2, 0.25) is 0 Å². The van der Waals surface area contributed by atoms with E-state index in [9.17, 15) is 9.59 Å². The number of hydrogen-bond acceptors (Lipinski definition) is 7. The summed E-state index contributed by atoms with van der Waals surface area (Å²) in [6, 6.07) is 10.3. The molecule has 0 amide bonds. The molecule has 0 aliphatic carbocycles. The van der Waals surface area contributed by atoms with Crippen molar-refractivity contribution in [2.24, 2.45) is 0 Å². The molecule has 0 fully saturated rings. The van der Waals surface area contributed by atoms with E-state index in [-0.39, 0.29) is 12.0 Å². The van der Waals surface area contributed by atoms with Crippen LogP contribution in [0.3, 0.4) is 0 Å². The lowest BCUT2D eigenvalue weighted by atomic mass is 10.0. The van der Waals surface area contributed by atoms with Gasteiger partial charge < -0.3 is 23.4 Å². The number of benzene rings is 2. The molecule has 31 heavy (non-hydrogen) atoms. The van der Waals surface area contributed by atoms with Gasteiger partial charge in [-0.1, -0.05) is 6.07 Å². The van der Waals surface area contributed by atoms with Crippen LogP contribution in [-0.4, -0.2) is 31.9 Å². The number of fused-ring (bicyclic) bond motifs is 2. The molecule has 0 bridgehead atoms. The van der Waals surface area contributed by atoms with Crippen LogP contribution >= 0.6 is 0 Å². The highest BCUT2D eigenvalue weighted by molar-refractivity contribution is 5.84. The van der Waals surface area contributed by atoms with Crippen molar-refractivity contribution in [3.05, 3.63) is 52.4 Å². The summed E-state index contributed by atoms with van der Waals surface area (Å²) >= 11 is 0. The number of esters is 1. The number of aryl methyl sites for hydroxylation is 1. The van der Waals surface area contributed by atoms with Crippen molar-refractivity contribution in [3.8, 4) is 28.4 Å². The summed E-state index contributed by atoms with van der Waals surface area (Å²) in [5.74, 6) is 1.72. The van der Waals surface area contributed by atoms with E-state index in [1.54, 1.807) is 39.0 Å². The van der Waals surface area contributed by atoms with Gasteiger partial charge in [0.1, 0.15) is 17.1 Å². The Balaban J connectivity index is 1.70. The molecule has 0 N–H and O–H groups in total. The summed E-state index contributed by atoms with van der Waals surface area (Å²) in [6.07, 6.45) is 0.0339. The Labute approximate surface area is 179 Å². The second-order valence-corrected chi connectivity index (χ2v) is 7.24. The SMILES string of the molecule is CCOC(=O)[C@@H](C)Oc1ccc2c(=O)c(-c3ccc4c(c3)OCCCO4)c(C)oc2c1. The fraction of sp³-hybridized carbons (Fsp3) is 0.333. The Morgan fingerprint density at radius 2 is 1.87 bits per heavy atom. The Bertz CT molecular complexity index is 1180. The predicted molar refractivity (Wildman–Crippen MR) is 115 cm³/mol. The fourth-order valence-corrected chi connectivity index (χ4v) is 3.52. The van der Waals surface area contributed by atoms with E-state index in [1.807, 2.05) is 18.2 Å². The van der Waals surface area contributed by atoms with Crippen molar-refractivity contribution in [1.29, 1.82) is 0 Å². The zero-order valence-electron chi connectivity index (χ0n) is 17.7. The number of carbonyl (C=O) groups excluding carboxylic acids is 1. The Kier molecular flexibility index (Phi) is 5.84. The van der Waals surface area contributed by atoms with Gasteiger partial charge in [0.25, 0.3) is 0 Å². The first-order chi connectivity index (χ1) is 15.0. The standard InChI is InChI=1S/C24H24O7/c1-4-27-24(26)15(3)30-17-7-8-18-20(13-17)31-14(2)22(23(18)25)16-6-9-19-21(12-16)29-11-5-10-28-19/h6-9,12-13,15H,4-5,10-11H2,1-3H3/t15-/m1/s1. The van der Waals surface area contributed by atoms with Crippen LogP contribution < -0.4 is 19.6 Å². The molecule has 0 radical (unpaired) electrons. The second-order valence-electron chi connectivity index (χ2n) is 7.24. The minimum atomic E-state index is -0.772. The van der Waals surface area contributed by atoms with Gasteiger partial charge >= 0.3 is 5.97 Å². The zero-order chi connectivity index (χ0) is 22.0. The third-order valence-corrected chi connectivity index (χ3v) is 5.01. The zero-order valence-corrected chi connectivity index (χ0v) is 17.7. The number of carbonyl (C=O) groups is 1. The Morgan fingerprint density at radius 3 is 2.65 bits per heavy atom. The monoisotopic (exact) mass is 424 g/mol. The van der Waals surface area contributed by atoms with Crippen LogP contribution in [0.4, 0.5) is 0 Å². The molecule has 0 unspecified atom stereocenters. The predicted octanol–water partition coefficient (Wildman–Crippen LogP) is 4.26. The first-order valence-corrected chi connectivity index (χ1v) is 10.3. The number of hydrogen-bond donors (Lipinski definition) is 0. The largest absolute Gasteiger partial charge is 0.490 e. The molecule has 0 saturated carbocycles. The normalized spacial score (nSPS) is 14.0. The van der Waals surface area contributed by atoms with Crippen molar-refractivity contribution in [3.63, 3.8) is 0 Å². The molecule has 1 atom stereocenters. The quantitative estimate of drug-likeness (QED) is 0.566. The summed E-state index contributed by atoms with van der Waals surface area (Å²) in [5, 5.41) is 0.420. The van der Waals surface area contributed by atoms with Crippen LogP contribution in [0.15, 0.2) is 45.6 Å². The van der Waals surface area contributed by atoms with Crippen LogP contribution in [0.1, 0.15) is 26.0 Å². The van der Waals surface area contributed by atoms with Crippen molar-refractivity contribution in [2.75, 3.05) is 19.8 Å². The third-order valence-electron chi connectivity index (χ3n) is 5.01. The van der Waals surface area contributed by atoms with Gasteiger partial charge in [-0.2, -0.15) is 0 Å². The van der Waals surface area contributed by atoms with Gasteiger partial charge in [0.05, 0.1) is 30.8 Å². The van der Waals surface area contributed by atoms with Crippen LogP contribution in [0.25, 0.3) is 22.1 Å². The Morgan fingerprint density at radius 1 is 1.10 bits per heavy atom. The number of ether oxygens (including phenoxy) is 4. The van der Waals surface area contributed by atoms with Gasteiger partial charge in [-0.3, -0.25) is 4.79 Å². The van der Waals surface area contributed by atoms with Gasteiger partial charge in [0.2, 0.25) is 5.43 Å². The van der Waals surface area contributed by atoms with E-state index in [2.05, 4.69) is 0 Å². The maximum atomic E-state index is 13.3. The van der Waals surface area contributed by atoms with E-state index in [1.165, 1.54) is 0 Å². The van der Waals surface area contributed by atoms with E-state index in [0.717, 1.165) is 6.42 Å². The molecular formula is C24H24O7. The van der Waals surface area contributed by atoms with Gasteiger partial charge in [0.15, 0.2) is 17.6 Å². The Hall–Kier alpha value is -3.48. The van der Waals surface area contributed by atoms with Crippen molar-refractivity contribution < 1.29 is 28.2 Å². The molecule has 1 aliphatic rings. The second kappa shape index (κ2) is 8.71. The molecule has 4 rings (SSSR count). The molecule has 0 saturated heterocycles. The van der Waals surface area contributed by atoms with Crippen molar-refractivity contribution >= 4 is 16.9 Å². The minimum absolute atomic E-state index is 0.154. The number of rotatable bonds is 5. The van der Waals surface area contributed by atoms with Crippen molar-refractivity contribution in [1.82, 2.24) is 0 Å². The lowest BCUT2D eigenvalue weighted by molar-refractivity contribution is -0.150. The van der Waals surface area contributed by atoms with Gasteiger partial charge in [-0.05, 0) is 50.6 Å². The molecule has 2 aromatic carbocycles. The first-order valence-electron chi connectivity index (χ1n) is 10.3. The van der Waals surface area contributed by atoms with E-state index in [4.69, 9.17) is 23.4 Å². The average molecular weight is 424 g/mol. The lowest BCUT2D eigenvalue weighted by Gasteiger charge is -2.14. The summed E-state index contributed by atoms with van der Waals surface area (Å²) < 4.78 is 28.0. The molecule has 1 aliphatic heterocycles. The summed E-state index contributed by atoms with van der Waals surface area (Å²) in [7, 11) is 0. The van der Waals surface area contributed by atoms with Gasteiger partial charge in [0, 0.05) is 12.5 Å². The van der Waals surface area contributed by atoms with Gasteiger partial charge in [-0.25, -0.2) is 4.79 Å². The topological polar surface area (TPSA) is 84.2 Å². The maximum absolute atomic E-state index is 13.3. The molecular weight excluding hydrogens is 400 g/mol. The molecule has 2 heterocycles. The smallest absolute Gasteiger partial charge is 0.347 e. The van der Waals surface area contributed by atoms with Gasteiger partial charge in [-0.15, -0.1) is 0 Å². The van der Waals surface area contributed by atoms with E-state index in [0.29, 0.717) is 58.3 Å². The molecule has 3 aromatic rings. The van der Waals surface area contributed by atoms with Crippen molar-refractivity contribution in [2.45, 2.75) is 33.3 Å². The van der Waals surface area contributed by atoms with Crippen LogP contribution in [-0.2, 0) is 9.53 Å². The molecule has 1 aromatic heterocycles. The third kappa shape index (κ3) is 4.21. The fourth-order valence-electron chi connectivity index (χ4n) is 3.52. The molecule has 162 valence electrons. The molecule has 7 heteroatoms. The molecule has 0 spiro atoms. The highest BCUT2D eigenvalue weighted by atomic mass is 16.6. The summed E-state index contributed by atoms with van der Waals surface area (Å²) in [5.41, 5.74) is 1.40. The average Bonchev–Trinajstić information content (AvgIpc) is 2.98.